The van der Waals surface area contributed by atoms with Crippen molar-refractivity contribution in [3.8, 4) is 0 Å². The molecule has 1 aliphatic rings. The molecule has 16 heavy (non-hydrogen) atoms. The third kappa shape index (κ3) is 2.59. The van der Waals surface area contributed by atoms with Crippen LogP contribution in [-0.4, -0.2) is 21.9 Å². The van der Waals surface area contributed by atoms with Gasteiger partial charge in [-0.05, 0) is 11.5 Å². The number of rotatable bonds is 3. The molecule has 86 valence electrons. The Bertz CT molecular complexity index is 363. The minimum Gasteiger partial charge on any atom is -0.328 e. The quantitative estimate of drug-likeness (QED) is 0.800. The summed E-state index contributed by atoms with van der Waals surface area (Å²) in [5.41, 5.74) is 1.21. The molecule has 0 aromatic heterocycles. The maximum Gasteiger partial charge on any atom is 0.282 e. The first-order valence-electron chi connectivity index (χ1n) is 5.66. The lowest BCUT2D eigenvalue weighted by atomic mass is 10.1. The largest absolute Gasteiger partial charge is 0.328 e. The summed E-state index contributed by atoms with van der Waals surface area (Å²) in [6.45, 7) is 5.99. The number of nitrogens with zero attached hydrogens (tertiary/aromatic N) is 1. The van der Waals surface area contributed by atoms with Crippen LogP contribution in [0, 0.1) is 5.92 Å². The van der Waals surface area contributed by atoms with Crippen molar-refractivity contribution in [3.63, 3.8) is 0 Å². The second kappa shape index (κ2) is 4.91. The van der Waals surface area contributed by atoms with Crippen molar-refractivity contribution in [3.05, 3.63) is 35.9 Å². The van der Waals surface area contributed by atoms with E-state index in [0.29, 0.717) is 11.2 Å². The van der Waals surface area contributed by atoms with E-state index >= 15 is 0 Å². The minimum atomic E-state index is 0.225. The van der Waals surface area contributed by atoms with Crippen molar-refractivity contribution >= 4 is 17.0 Å². The average molecular weight is 235 g/mol. The summed E-state index contributed by atoms with van der Waals surface area (Å²) >= 11 is 1.49. The zero-order valence-electron chi connectivity index (χ0n) is 9.72. The third-order valence-electron chi connectivity index (χ3n) is 2.87. The fourth-order valence-electron chi connectivity index (χ4n) is 1.81. The van der Waals surface area contributed by atoms with Gasteiger partial charge in [-0.3, -0.25) is 4.79 Å². The Balaban J connectivity index is 1.99. The van der Waals surface area contributed by atoms with E-state index < -0.39 is 0 Å². The number of carbonyl (C=O) groups excluding carboxylic acids is 1. The number of hydrogen-bond acceptors (Lipinski definition) is 2. The lowest BCUT2D eigenvalue weighted by molar-refractivity contribution is 0.224. The second-order valence-corrected chi connectivity index (χ2v) is 5.72. The Morgan fingerprint density at radius 2 is 2.06 bits per heavy atom. The molecule has 2 nitrogen and oxygen atoms in total. The molecular weight excluding hydrogens is 218 g/mol. The van der Waals surface area contributed by atoms with Crippen LogP contribution in [0.2, 0.25) is 0 Å². The Labute approximate surface area is 101 Å². The van der Waals surface area contributed by atoms with Gasteiger partial charge in [0.1, 0.15) is 0 Å². The van der Waals surface area contributed by atoms with Gasteiger partial charge in [-0.15, -0.1) is 0 Å². The van der Waals surface area contributed by atoms with Crippen LogP contribution in [0.3, 0.4) is 0 Å². The summed E-state index contributed by atoms with van der Waals surface area (Å²) in [5.74, 6) is 0.565. The van der Waals surface area contributed by atoms with Gasteiger partial charge in [0.15, 0.2) is 0 Å². The van der Waals surface area contributed by atoms with Crippen molar-refractivity contribution in [2.45, 2.75) is 25.6 Å². The van der Waals surface area contributed by atoms with E-state index in [1.165, 1.54) is 17.3 Å². The lowest BCUT2D eigenvalue weighted by Crippen LogP contribution is -2.25. The van der Waals surface area contributed by atoms with Gasteiger partial charge in [-0.2, -0.15) is 0 Å². The molecule has 3 heteroatoms. The van der Waals surface area contributed by atoms with Crippen LogP contribution >= 0.6 is 11.8 Å². The first kappa shape index (κ1) is 11.5. The normalized spacial score (nSPS) is 20.8. The molecule has 0 radical (unpaired) electrons. The van der Waals surface area contributed by atoms with Crippen molar-refractivity contribution < 1.29 is 4.79 Å². The number of carbonyl (C=O) groups is 1. The molecular formula is C13H17NOS. The zero-order chi connectivity index (χ0) is 11.5. The van der Waals surface area contributed by atoms with Crippen molar-refractivity contribution in [2.75, 3.05) is 6.54 Å². The highest BCUT2D eigenvalue weighted by molar-refractivity contribution is 8.14. The van der Waals surface area contributed by atoms with Gasteiger partial charge < -0.3 is 4.90 Å². The topological polar surface area (TPSA) is 20.3 Å². The van der Waals surface area contributed by atoms with E-state index in [4.69, 9.17) is 0 Å². The smallest absolute Gasteiger partial charge is 0.282 e. The number of amides is 1. The first-order chi connectivity index (χ1) is 7.66. The summed E-state index contributed by atoms with van der Waals surface area (Å²) in [6, 6.07) is 10.2. The zero-order valence-corrected chi connectivity index (χ0v) is 10.5. The van der Waals surface area contributed by atoms with Crippen LogP contribution in [0.4, 0.5) is 4.79 Å². The molecule has 0 spiro atoms. The molecule has 1 saturated heterocycles. The number of hydrogen-bond donors (Lipinski definition) is 0. The Hall–Kier alpha value is -0.960. The summed E-state index contributed by atoms with van der Waals surface area (Å²) in [7, 11) is 0. The SMILES string of the molecule is CC(C)[C@H]1CN(Cc2ccccc2)C(=O)S1. The molecule has 0 unspecified atom stereocenters. The van der Waals surface area contributed by atoms with Crippen LogP contribution < -0.4 is 0 Å². The van der Waals surface area contributed by atoms with Crippen LogP contribution in [-0.2, 0) is 6.54 Å². The van der Waals surface area contributed by atoms with Crippen molar-refractivity contribution in [2.24, 2.45) is 5.92 Å². The van der Waals surface area contributed by atoms with Gasteiger partial charge in [0.2, 0.25) is 0 Å². The van der Waals surface area contributed by atoms with Crippen molar-refractivity contribution in [1.82, 2.24) is 4.90 Å². The van der Waals surface area contributed by atoms with Gasteiger partial charge in [-0.1, -0.05) is 55.9 Å². The molecule has 1 heterocycles. The van der Waals surface area contributed by atoms with E-state index in [0.717, 1.165) is 13.1 Å². The molecule has 0 N–H and O–H groups in total. The molecule has 2 rings (SSSR count). The van der Waals surface area contributed by atoms with Gasteiger partial charge in [-0.25, -0.2) is 0 Å². The molecule has 1 atom stereocenters. The highest BCUT2D eigenvalue weighted by Crippen LogP contribution is 2.31. The predicted molar refractivity (Wildman–Crippen MR) is 68.5 cm³/mol. The molecule has 0 saturated carbocycles. The standard InChI is InChI=1S/C13H17NOS/c1-10(2)12-9-14(13(15)16-12)8-11-6-4-3-5-7-11/h3-7,10,12H,8-9H2,1-2H3/t12-/m1/s1. The summed E-state index contributed by atoms with van der Waals surface area (Å²) in [5, 5.41) is 0.679. The van der Waals surface area contributed by atoms with Crippen LogP contribution in [0.1, 0.15) is 19.4 Å². The lowest BCUT2D eigenvalue weighted by Gasteiger charge is -2.16. The molecule has 1 aromatic rings. The van der Waals surface area contributed by atoms with E-state index in [1.54, 1.807) is 0 Å². The number of thioether (sulfide) groups is 1. The molecule has 1 aromatic carbocycles. The fourth-order valence-corrected chi connectivity index (χ4v) is 2.89. The molecule has 0 bridgehead atoms. The summed E-state index contributed by atoms with van der Waals surface area (Å²) in [6.07, 6.45) is 0. The highest BCUT2D eigenvalue weighted by Gasteiger charge is 2.32. The summed E-state index contributed by atoms with van der Waals surface area (Å²) in [4.78, 5) is 13.7. The maximum absolute atomic E-state index is 11.8. The van der Waals surface area contributed by atoms with Crippen molar-refractivity contribution in [1.29, 1.82) is 0 Å². The van der Waals surface area contributed by atoms with Crippen LogP contribution in [0.5, 0.6) is 0 Å². The van der Waals surface area contributed by atoms with E-state index in [9.17, 15) is 4.79 Å². The number of benzene rings is 1. The Morgan fingerprint density at radius 1 is 1.38 bits per heavy atom. The van der Waals surface area contributed by atoms with E-state index in [1.807, 2.05) is 23.1 Å². The fraction of sp³-hybridized carbons (Fsp3) is 0.462. The first-order valence-corrected chi connectivity index (χ1v) is 6.54. The van der Waals surface area contributed by atoms with Gasteiger partial charge in [0.05, 0.1) is 0 Å². The third-order valence-corrected chi connectivity index (χ3v) is 4.33. The minimum absolute atomic E-state index is 0.225. The van der Waals surface area contributed by atoms with Gasteiger partial charge in [0.25, 0.3) is 5.24 Å². The Morgan fingerprint density at radius 3 is 2.62 bits per heavy atom. The predicted octanol–water partition coefficient (Wildman–Crippen LogP) is 3.38. The maximum atomic E-state index is 11.8. The second-order valence-electron chi connectivity index (χ2n) is 4.53. The molecule has 1 amide bonds. The van der Waals surface area contributed by atoms with E-state index in [-0.39, 0.29) is 5.24 Å². The summed E-state index contributed by atoms with van der Waals surface area (Å²) < 4.78 is 0. The van der Waals surface area contributed by atoms with Gasteiger partial charge in [0, 0.05) is 18.3 Å². The Kier molecular flexibility index (Phi) is 3.54. The average Bonchev–Trinajstić information content (AvgIpc) is 2.62. The van der Waals surface area contributed by atoms with E-state index in [2.05, 4.69) is 26.0 Å². The molecule has 0 aliphatic carbocycles. The monoisotopic (exact) mass is 235 g/mol. The van der Waals surface area contributed by atoms with Crippen LogP contribution in [0.25, 0.3) is 0 Å². The van der Waals surface area contributed by atoms with Crippen LogP contribution in [0.15, 0.2) is 30.3 Å². The molecule has 1 fully saturated rings. The highest BCUT2D eigenvalue weighted by atomic mass is 32.2. The van der Waals surface area contributed by atoms with Gasteiger partial charge >= 0.3 is 0 Å². The molecule has 1 aliphatic heterocycles.